The largest absolute Gasteiger partial charge is 0.383 e. The molecule has 0 bridgehead atoms. The van der Waals surface area contributed by atoms with Crippen molar-refractivity contribution in [2.75, 3.05) is 5.73 Å². The molecule has 2 heterocycles. The Kier molecular flexibility index (Phi) is 3.93. The van der Waals surface area contributed by atoms with Gasteiger partial charge in [0.25, 0.3) is 0 Å². The molecule has 0 spiro atoms. The maximum Gasteiger partial charge on any atom is 0.137 e. The topological polar surface area (TPSA) is 64.7 Å². The highest BCUT2D eigenvalue weighted by molar-refractivity contribution is 9.10. The molecule has 2 aromatic heterocycles. The molecule has 7 heteroatoms. The van der Waals surface area contributed by atoms with Crippen molar-refractivity contribution >= 4 is 44.7 Å². The zero-order chi connectivity index (χ0) is 15.0. The molecule has 0 aliphatic heterocycles. The quantitative estimate of drug-likeness (QED) is 0.706. The monoisotopic (exact) mass is 380 g/mol. The predicted molar refractivity (Wildman–Crippen MR) is 90.4 cm³/mol. The van der Waals surface area contributed by atoms with E-state index >= 15 is 0 Å². The Bertz CT molecular complexity index is 752. The molecule has 0 atom stereocenters. The summed E-state index contributed by atoms with van der Waals surface area (Å²) in [5.74, 6) is 1.08. The molecule has 3 rings (SSSR count). The van der Waals surface area contributed by atoms with Crippen molar-refractivity contribution in [3.63, 3.8) is 0 Å². The Morgan fingerprint density at radius 2 is 2.05 bits per heavy atom. The van der Waals surface area contributed by atoms with Gasteiger partial charge in [-0.15, -0.1) is 11.3 Å². The first-order valence-corrected chi connectivity index (χ1v) is 8.10. The first-order chi connectivity index (χ1) is 10.0. The lowest BCUT2D eigenvalue weighted by Gasteiger charge is -2.02. The highest BCUT2D eigenvalue weighted by atomic mass is 79.9. The maximum atomic E-state index is 6.26. The van der Waals surface area contributed by atoms with E-state index in [1.807, 2.05) is 23.6 Å². The third-order valence-electron chi connectivity index (χ3n) is 2.88. The van der Waals surface area contributed by atoms with E-state index in [0.29, 0.717) is 16.7 Å². The zero-order valence-electron chi connectivity index (χ0n) is 11.0. The first kappa shape index (κ1) is 14.4. The van der Waals surface area contributed by atoms with Gasteiger partial charge in [-0.3, -0.25) is 0 Å². The van der Waals surface area contributed by atoms with E-state index in [1.165, 1.54) is 11.3 Å². The van der Waals surface area contributed by atoms with Gasteiger partial charge < -0.3 is 5.73 Å². The van der Waals surface area contributed by atoms with Gasteiger partial charge in [-0.2, -0.15) is 0 Å². The molecule has 0 amide bonds. The van der Waals surface area contributed by atoms with E-state index in [9.17, 15) is 0 Å². The number of nitrogens with two attached hydrogens (primary N) is 1. The molecule has 0 aliphatic rings. The molecule has 2 N–H and O–H groups in total. The summed E-state index contributed by atoms with van der Waals surface area (Å²) in [4.78, 5) is 12.9. The van der Waals surface area contributed by atoms with Crippen molar-refractivity contribution < 1.29 is 0 Å². The minimum atomic E-state index is 0.435. The van der Waals surface area contributed by atoms with Crippen LogP contribution in [-0.2, 0) is 0 Å². The second-order valence-electron chi connectivity index (χ2n) is 4.38. The van der Waals surface area contributed by atoms with Crippen LogP contribution in [0.15, 0.2) is 34.2 Å². The van der Waals surface area contributed by atoms with Crippen LogP contribution >= 0.6 is 38.9 Å². The van der Waals surface area contributed by atoms with E-state index in [1.54, 1.807) is 13.1 Å². The Labute approximate surface area is 139 Å². The number of aryl methyl sites for hydroxylation is 1. The second-order valence-corrected chi connectivity index (χ2v) is 6.56. The fraction of sp³-hybridized carbons (Fsp3) is 0.0714. The lowest BCUT2D eigenvalue weighted by Crippen LogP contribution is -1.98. The van der Waals surface area contributed by atoms with Crippen LogP contribution in [0.2, 0.25) is 5.02 Å². The Balaban J connectivity index is 2.03. The average Bonchev–Trinajstić information content (AvgIpc) is 2.87. The van der Waals surface area contributed by atoms with Crippen molar-refractivity contribution in [3.8, 4) is 21.8 Å². The van der Waals surface area contributed by atoms with E-state index in [-0.39, 0.29) is 0 Å². The summed E-state index contributed by atoms with van der Waals surface area (Å²) >= 11 is 11.1. The molecule has 0 saturated carbocycles. The summed E-state index contributed by atoms with van der Waals surface area (Å²) in [5.41, 5.74) is 8.37. The van der Waals surface area contributed by atoms with E-state index < -0.39 is 0 Å². The van der Waals surface area contributed by atoms with Gasteiger partial charge in [-0.1, -0.05) is 33.6 Å². The SMILES string of the molecule is Cc1ncc(-c2nc(-c3ccc(Br)cc3Cl)cs2)c(N)n1. The summed E-state index contributed by atoms with van der Waals surface area (Å²) < 4.78 is 0.933. The molecule has 0 unspecified atom stereocenters. The van der Waals surface area contributed by atoms with Crippen LogP contribution in [0.4, 0.5) is 5.82 Å². The Hall–Kier alpha value is -1.50. The van der Waals surface area contributed by atoms with Crippen molar-refractivity contribution in [1.29, 1.82) is 0 Å². The smallest absolute Gasteiger partial charge is 0.137 e. The lowest BCUT2D eigenvalue weighted by molar-refractivity contribution is 1.06. The van der Waals surface area contributed by atoms with Crippen molar-refractivity contribution in [3.05, 3.63) is 45.1 Å². The molecule has 106 valence electrons. The van der Waals surface area contributed by atoms with Gasteiger partial charge in [0.1, 0.15) is 16.6 Å². The molecule has 3 aromatic rings. The third kappa shape index (κ3) is 2.92. The number of aromatic nitrogens is 3. The van der Waals surface area contributed by atoms with Crippen LogP contribution in [0.25, 0.3) is 21.8 Å². The van der Waals surface area contributed by atoms with Gasteiger partial charge in [0.05, 0.1) is 16.3 Å². The molecule has 1 aromatic carbocycles. The summed E-state index contributed by atoms with van der Waals surface area (Å²) in [5, 5.41) is 3.37. The van der Waals surface area contributed by atoms with Crippen molar-refractivity contribution in [1.82, 2.24) is 15.0 Å². The van der Waals surface area contributed by atoms with Gasteiger partial charge in [-0.05, 0) is 19.1 Å². The molecule has 21 heavy (non-hydrogen) atoms. The van der Waals surface area contributed by atoms with Gasteiger partial charge in [-0.25, -0.2) is 15.0 Å². The number of halogens is 2. The standard InChI is InChI=1S/C14H10BrClN4S/c1-7-18-5-10(13(17)19-7)14-20-12(6-21-14)9-3-2-8(15)4-11(9)16/h2-6H,1H3,(H2,17,18,19). The van der Waals surface area contributed by atoms with Crippen molar-refractivity contribution in [2.24, 2.45) is 0 Å². The number of nitrogens with zero attached hydrogens (tertiary/aromatic N) is 3. The van der Waals surface area contributed by atoms with Crippen LogP contribution in [0.3, 0.4) is 0 Å². The lowest BCUT2D eigenvalue weighted by atomic mass is 10.2. The number of anilines is 1. The number of benzene rings is 1. The van der Waals surface area contributed by atoms with Crippen LogP contribution in [0, 0.1) is 6.92 Å². The predicted octanol–water partition coefficient (Wildman–Crippen LogP) is 4.57. The number of hydrogen-bond donors (Lipinski definition) is 1. The third-order valence-corrected chi connectivity index (χ3v) is 4.56. The van der Waals surface area contributed by atoms with Gasteiger partial charge in [0.15, 0.2) is 0 Å². The molecular formula is C14H10BrClN4S. The summed E-state index contributed by atoms with van der Waals surface area (Å²) in [6.45, 7) is 1.80. The van der Waals surface area contributed by atoms with Gasteiger partial charge >= 0.3 is 0 Å². The number of thiazole rings is 1. The van der Waals surface area contributed by atoms with Crippen LogP contribution in [-0.4, -0.2) is 15.0 Å². The van der Waals surface area contributed by atoms with E-state index in [4.69, 9.17) is 17.3 Å². The van der Waals surface area contributed by atoms with Crippen molar-refractivity contribution in [2.45, 2.75) is 6.92 Å². The second kappa shape index (κ2) is 5.71. The number of rotatable bonds is 2. The minimum Gasteiger partial charge on any atom is -0.383 e. The normalized spacial score (nSPS) is 10.8. The van der Waals surface area contributed by atoms with Gasteiger partial charge in [0.2, 0.25) is 0 Å². The summed E-state index contributed by atoms with van der Waals surface area (Å²) in [6.07, 6.45) is 1.70. The van der Waals surface area contributed by atoms with Crippen LogP contribution in [0.1, 0.15) is 5.82 Å². The highest BCUT2D eigenvalue weighted by Gasteiger charge is 2.13. The van der Waals surface area contributed by atoms with E-state index in [2.05, 4.69) is 30.9 Å². The average molecular weight is 382 g/mol. The number of nitrogen functional groups attached to an aromatic ring is 1. The van der Waals surface area contributed by atoms with Gasteiger partial charge in [0, 0.05) is 21.6 Å². The fourth-order valence-electron chi connectivity index (χ4n) is 1.87. The molecular weight excluding hydrogens is 372 g/mol. The van der Waals surface area contributed by atoms with Crippen LogP contribution < -0.4 is 5.73 Å². The molecule has 0 saturated heterocycles. The van der Waals surface area contributed by atoms with Crippen LogP contribution in [0.5, 0.6) is 0 Å². The Morgan fingerprint density at radius 3 is 2.76 bits per heavy atom. The summed E-state index contributed by atoms with van der Waals surface area (Å²) in [6, 6.07) is 5.71. The maximum absolute atomic E-state index is 6.26. The molecule has 0 radical (unpaired) electrons. The molecule has 0 aliphatic carbocycles. The van der Waals surface area contributed by atoms with E-state index in [0.717, 1.165) is 26.3 Å². The fourth-order valence-corrected chi connectivity index (χ4v) is 3.48. The Morgan fingerprint density at radius 1 is 1.24 bits per heavy atom. The molecule has 4 nitrogen and oxygen atoms in total. The first-order valence-electron chi connectivity index (χ1n) is 6.05. The number of hydrogen-bond acceptors (Lipinski definition) is 5. The summed E-state index contributed by atoms with van der Waals surface area (Å²) in [7, 11) is 0. The molecule has 0 fully saturated rings. The highest BCUT2D eigenvalue weighted by Crippen LogP contribution is 2.34. The zero-order valence-corrected chi connectivity index (χ0v) is 14.1. The minimum absolute atomic E-state index is 0.435.